The number of nitrogens with zero attached hydrogens (tertiary/aromatic N) is 2. The molecule has 0 radical (unpaired) electrons. The Morgan fingerprint density at radius 1 is 0.795 bits per heavy atom. The second kappa shape index (κ2) is 14.8. The van der Waals surface area contributed by atoms with Crippen molar-refractivity contribution in [1.82, 2.24) is 10.2 Å². The minimum absolute atomic E-state index is 0.0109. The number of carbonyl (C=O) groups is 2. The molecule has 10 heteroatoms. The highest BCUT2D eigenvalue weighted by molar-refractivity contribution is 7.92. The number of likely N-dealkylation sites (N-methyl/N-ethyl adjacent to an activating group) is 1. The summed E-state index contributed by atoms with van der Waals surface area (Å²) < 4.78 is 29.2. The summed E-state index contributed by atoms with van der Waals surface area (Å²) in [7, 11) is -4.24. The van der Waals surface area contributed by atoms with E-state index in [-0.39, 0.29) is 39.5 Å². The predicted molar refractivity (Wildman–Crippen MR) is 177 cm³/mol. The van der Waals surface area contributed by atoms with E-state index >= 15 is 0 Å². The highest BCUT2D eigenvalue weighted by Crippen LogP contribution is 2.31. The lowest BCUT2D eigenvalue weighted by Gasteiger charge is -2.34. The Labute approximate surface area is 269 Å². The van der Waals surface area contributed by atoms with E-state index in [9.17, 15) is 18.0 Å². The van der Waals surface area contributed by atoms with Crippen molar-refractivity contribution in [2.75, 3.05) is 17.4 Å². The molecule has 0 saturated carbocycles. The van der Waals surface area contributed by atoms with Crippen molar-refractivity contribution in [3.8, 4) is 0 Å². The highest BCUT2D eigenvalue weighted by Gasteiger charge is 2.34. The van der Waals surface area contributed by atoms with E-state index in [1.54, 1.807) is 12.1 Å². The van der Waals surface area contributed by atoms with Crippen molar-refractivity contribution in [1.29, 1.82) is 0 Å². The van der Waals surface area contributed by atoms with Gasteiger partial charge in [0.25, 0.3) is 10.0 Å². The maximum atomic E-state index is 14.4. The second-order valence-electron chi connectivity index (χ2n) is 10.5. The molecule has 0 aliphatic carbocycles. The summed E-state index contributed by atoms with van der Waals surface area (Å²) in [6.07, 6.45) is 0.238. The Morgan fingerprint density at radius 3 is 2.11 bits per heavy atom. The summed E-state index contributed by atoms with van der Waals surface area (Å²) in [5.41, 5.74) is 3.71. The van der Waals surface area contributed by atoms with Gasteiger partial charge >= 0.3 is 0 Å². The predicted octanol–water partition coefficient (Wildman–Crippen LogP) is 6.58. The maximum Gasteiger partial charge on any atom is 0.264 e. The van der Waals surface area contributed by atoms with Gasteiger partial charge in [0.15, 0.2) is 0 Å². The van der Waals surface area contributed by atoms with E-state index in [0.717, 1.165) is 26.6 Å². The molecule has 1 N–H and O–H groups in total. The molecular weight excluding hydrogens is 617 g/mol. The van der Waals surface area contributed by atoms with Crippen LogP contribution in [-0.2, 0) is 32.6 Å². The van der Waals surface area contributed by atoms with E-state index in [2.05, 4.69) is 5.32 Å². The molecule has 230 valence electrons. The van der Waals surface area contributed by atoms with Gasteiger partial charge in [-0.2, -0.15) is 0 Å². The van der Waals surface area contributed by atoms with Crippen LogP contribution in [0.3, 0.4) is 0 Å². The average Bonchev–Trinajstić information content (AvgIpc) is 3.00. The summed E-state index contributed by atoms with van der Waals surface area (Å²) in [6, 6.07) is 26.9. The van der Waals surface area contributed by atoms with Crippen LogP contribution in [0.4, 0.5) is 5.69 Å². The lowest BCUT2D eigenvalue weighted by molar-refractivity contribution is -0.140. The highest BCUT2D eigenvalue weighted by atomic mass is 35.5. The quantitative estimate of drug-likeness (QED) is 0.187. The average molecular weight is 653 g/mol. The zero-order valence-electron chi connectivity index (χ0n) is 24.8. The molecule has 0 fully saturated rings. The Kier molecular flexibility index (Phi) is 11.1. The molecule has 0 heterocycles. The molecule has 4 aromatic rings. The smallest absolute Gasteiger partial charge is 0.264 e. The molecule has 0 bridgehead atoms. The third-order valence-electron chi connectivity index (χ3n) is 7.14. The molecule has 44 heavy (non-hydrogen) atoms. The fourth-order valence-electron chi connectivity index (χ4n) is 4.86. The number of sulfonamides is 1. The molecule has 7 nitrogen and oxygen atoms in total. The van der Waals surface area contributed by atoms with Crippen LogP contribution in [0.2, 0.25) is 10.0 Å². The Bertz CT molecular complexity index is 1710. The van der Waals surface area contributed by atoms with Gasteiger partial charge in [-0.1, -0.05) is 101 Å². The molecule has 1 atom stereocenters. The number of aryl methyl sites for hydroxylation is 2. The number of amides is 2. The first-order valence-corrected chi connectivity index (χ1v) is 16.4. The lowest BCUT2D eigenvalue weighted by atomic mass is 10.0. The number of rotatable bonds is 12. The SMILES string of the molecule is CCNC(=O)[C@@H](Cc1ccccc1)N(Cc1cccc(C)c1)C(=O)CN(c1ccc(Cl)c(Cl)c1)S(=O)(=O)c1ccc(C)cc1. The molecular formula is C34H35Cl2N3O4S. The monoisotopic (exact) mass is 651 g/mol. The van der Waals surface area contributed by atoms with E-state index in [0.29, 0.717) is 6.54 Å². The first-order valence-electron chi connectivity index (χ1n) is 14.2. The summed E-state index contributed by atoms with van der Waals surface area (Å²) in [4.78, 5) is 29.5. The summed E-state index contributed by atoms with van der Waals surface area (Å²) in [5.74, 6) is -0.889. The van der Waals surface area contributed by atoms with E-state index in [1.165, 1.54) is 35.2 Å². The molecule has 0 aliphatic heterocycles. The van der Waals surface area contributed by atoms with Gasteiger partial charge < -0.3 is 10.2 Å². The number of carbonyl (C=O) groups excluding carboxylic acids is 2. The van der Waals surface area contributed by atoms with Crippen LogP contribution in [-0.4, -0.2) is 44.3 Å². The fourth-order valence-corrected chi connectivity index (χ4v) is 6.56. The van der Waals surface area contributed by atoms with Crippen LogP contribution in [0.25, 0.3) is 0 Å². The van der Waals surface area contributed by atoms with Crippen molar-refractivity contribution >= 4 is 50.7 Å². The standard InChI is InChI=1S/C34H35Cl2N3O4S/c1-4-37-34(41)32(20-26-10-6-5-7-11-26)38(22-27-12-8-9-25(3)19-27)33(40)23-39(28-15-18-30(35)31(36)21-28)44(42,43)29-16-13-24(2)14-17-29/h5-19,21,32H,4,20,22-23H2,1-3H3,(H,37,41)/t32-/m1/s1. The molecule has 2 amide bonds. The van der Waals surface area contributed by atoms with Crippen LogP contribution in [0.15, 0.2) is 102 Å². The van der Waals surface area contributed by atoms with E-state index < -0.39 is 28.5 Å². The van der Waals surface area contributed by atoms with Crippen LogP contribution >= 0.6 is 23.2 Å². The van der Waals surface area contributed by atoms with Gasteiger partial charge in [-0.15, -0.1) is 0 Å². The number of anilines is 1. The van der Waals surface area contributed by atoms with Gasteiger partial charge in [0.2, 0.25) is 11.8 Å². The van der Waals surface area contributed by atoms with Crippen LogP contribution < -0.4 is 9.62 Å². The van der Waals surface area contributed by atoms with Gasteiger partial charge in [0.1, 0.15) is 12.6 Å². The normalized spacial score (nSPS) is 11.9. The molecule has 0 spiro atoms. The zero-order valence-corrected chi connectivity index (χ0v) is 27.2. The van der Waals surface area contributed by atoms with Crippen molar-refractivity contribution < 1.29 is 18.0 Å². The molecule has 0 aromatic heterocycles. The minimum Gasteiger partial charge on any atom is -0.355 e. The molecule has 0 unspecified atom stereocenters. The lowest BCUT2D eigenvalue weighted by Crippen LogP contribution is -2.53. The van der Waals surface area contributed by atoms with Crippen molar-refractivity contribution in [3.05, 3.63) is 129 Å². The first kappa shape index (κ1) is 33.1. The van der Waals surface area contributed by atoms with Crippen molar-refractivity contribution in [2.24, 2.45) is 0 Å². The summed E-state index contributed by atoms with van der Waals surface area (Å²) in [5, 5.41) is 3.25. The topological polar surface area (TPSA) is 86.8 Å². The molecule has 4 aromatic carbocycles. The van der Waals surface area contributed by atoms with Gasteiger partial charge in [-0.3, -0.25) is 13.9 Å². The third kappa shape index (κ3) is 8.20. The number of halogens is 2. The van der Waals surface area contributed by atoms with Gasteiger partial charge in [-0.05, 0) is 62.2 Å². The van der Waals surface area contributed by atoms with Crippen molar-refractivity contribution in [2.45, 2.75) is 44.7 Å². The number of nitrogens with one attached hydrogen (secondary N) is 1. The third-order valence-corrected chi connectivity index (χ3v) is 9.66. The maximum absolute atomic E-state index is 14.4. The largest absolute Gasteiger partial charge is 0.355 e. The van der Waals surface area contributed by atoms with Gasteiger partial charge in [0, 0.05) is 19.5 Å². The number of hydrogen-bond acceptors (Lipinski definition) is 4. The van der Waals surface area contributed by atoms with E-state index in [4.69, 9.17) is 23.2 Å². The number of hydrogen-bond donors (Lipinski definition) is 1. The van der Waals surface area contributed by atoms with Crippen LogP contribution in [0.1, 0.15) is 29.2 Å². The summed E-state index contributed by atoms with van der Waals surface area (Å²) in [6.45, 7) is 5.49. The Morgan fingerprint density at radius 2 is 1.48 bits per heavy atom. The fraction of sp³-hybridized carbons (Fsp3) is 0.235. The Hall–Kier alpha value is -3.85. The van der Waals surface area contributed by atoms with Crippen molar-refractivity contribution in [3.63, 3.8) is 0 Å². The molecule has 0 aliphatic rings. The first-order chi connectivity index (χ1) is 21.0. The van der Waals surface area contributed by atoms with Gasteiger partial charge in [0.05, 0.1) is 20.6 Å². The minimum atomic E-state index is -4.24. The van der Waals surface area contributed by atoms with Crippen LogP contribution in [0.5, 0.6) is 0 Å². The Balaban J connectivity index is 1.81. The summed E-state index contributed by atoms with van der Waals surface area (Å²) >= 11 is 12.5. The molecule has 0 saturated heterocycles. The molecule has 4 rings (SSSR count). The van der Waals surface area contributed by atoms with E-state index in [1.807, 2.05) is 75.4 Å². The zero-order chi connectivity index (χ0) is 31.9. The van der Waals surface area contributed by atoms with Gasteiger partial charge in [-0.25, -0.2) is 8.42 Å². The second-order valence-corrected chi connectivity index (χ2v) is 13.2. The number of benzene rings is 4. The van der Waals surface area contributed by atoms with Crippen LogP contribution in [0, 0.1) is 13.8 Å².